The Kier molecular flexibility index (Phi) is 6.57. The minimum atomic E-state index is -0.0510. The summed E-state index contributed by atoms with van der Waals surface area (Å²) >= 11 is 8.13. The van der Waals surface area contributed by atoms with Gasteiger partial charge in [0.25, 0.3) is 5.91 Å². The van der Waals surface area contributed by atoms with Crippen molar-refractivity contribution >= 4 is 49.1 Å². The molecule has 0 saturated heterocycles. The third-order valence-corrected chi connectivity index (χ3v) is 4.28. The second kappa shape index (κ2) is 7.42. The molecule has 16 heavy (non-hydrogen) atoms. The van der Waals surface area contributed by atoms with Gasteiger partial charge in [-0.05, 0) is 33.8 Å². The van der Waals surface area contributed by atoms with Crippen LogP contribution in [0, 0.1) is 0 Å². The second-order valence-corrected chi connectivity index (χ2v) is 5.76. The van der Waals surface area contributed by atoms with Crippen LogP contribution in [0.3, 0.4) is 0 Å². The minimum absolute atomic E-state index is 0.0471. The van der Waals surface area contributed by atoms with Crippen molar-refractivity contribution in [3.63, 3.8) is 0 Å². The zero-order valence-corrected chi connectivity index (χ0v) is 12.8. The van der Waals surface area contributed by atoms with Gasteiger partial charge in [0.15, 0.2) is 0 Å². The van der Waals surface area contributed by atoms with E-state index in [9.17, 15) is 4.79 Å². The highest BCUT2D eigenvalue weighted by Crippen LogP contribution is 2.22. The van der Waals surface area contributed by atoms with Crippen molar-refractivity contribution in [2.45, 2.75) is 12.5 Å². The van der Waals surface area contributed by atoms with Crippen LogP contribution >= 0.6 is 43.2 Å². The van der Waals surface area contributed by atoms with E-state index in [-0.39, 0.29) is 11.9 Å². The Morgan fingerprint density at radius 2 is 2.44 bits per heavy atom. The lowest BCUT2D eigenvalue weighted by atomic mass is 10.2. The maximum absolute atomic E-state index is 11.9. The number of thiophene rings is 1. The maximum Gasteiger partial charge on any atom is 0.262 e. The Bertz CT molecular complexity index is 337. The standard InChI is InChI=1S/C10H13Br2NO2S/c1-15-6-7(2-4-11)13-10(14)9-8(12)3-5-16-9/h3,5,7H,2,4,6H2,1H3,(H,13,14). The highest BCUT2D eigenvalue weighted by Gasteiger charge is 2.16. The Labute approximate surface area is 116 Å². The van der Waals surface area contributed by atoms with Crippen LogP contribution in [0.25, 0.3) is 0 Å². The third-order valence-electron chi connectivity index (χ3n) is 1.98. The fourth-order valence-corrected chi connectivity index (χ4v) is 3.24. The molecule has 90 valence electrons. The first-order valence-corrected chi connectivity index (χ1v) is 7.57. The molecule has 1 heterocycles. The lowest BCUT2D eigenvalue weighted by molar-refractivity contribution is 0.0899. The molecule has 3 nitrogen and oxygen atoms in total. The van der Waals surface area contributed by atoms with Crippen LogP contribution in [0.5, 0.6) is 0 Å². The number of nitrogens with one attached hydrogen (secondary N) is 1. The van der Waals surface area contributed by atoms with E-state index in [1.807, 2.05) is 11.4 Å². The molecule has 1 aromatic heterocycles. The summed E-state index contributed by atoms with van der Waals surface area (Å²) in [5.41, 5.74) is 0. The van der Waals surface area contributed by atoms with Crippen LogP contribution < -0.4 is 5.32 Å². The van der Waals surface area contributed by atoms with Crippen LogP contribution in [-0.2, 0) is 4.74 Å². The number of ether oxygens (including phenoxy) is 1. The van der Waals surface area contributed by atoms with Crippen molar-refractivity contribution in [3.8, 4) is 0 Å². The van der Waals surface area contributed by atoms with Gasteiger partial charge in [0.1, 0.15) is 4.88 Å². The highest BCUT2D eigenvalue weighted by molar-refractivity contribution is 9.10. The molecule has 1 aromatic rings. The van der Waals surface area contributed by atoms with Crippen LogP contribution in [0.4, 0.5) is 0 Å². The quantitative estimate of drug-likeness (QED) is 0.781. The first kappa shape index (κ1) is 14.2. The molecule has 0 bridgehead atoms. The molecule has 1 unspecified atom stereocenters. The van der Waals surface area contributed by atoms with Crippen molar-refractivity contribution in [3.05, 3.63) is 20.8 Å². The van der Waals surface area contributed by atoms with Gasteiger partial charge >= 0.3 is 0 Å². The number of carbonyl (C=O) groups excluding carboxylic acids is 1. The fourth-order valence-electron chi connectivity index (χ4n) is 1.24. The number of rotatable bonds is 6. The average Bonchev–Trinajstić information content (AvgIpc) is 2.65. The largest absolute Gasteiger partial charge is 0.383 e. The summed E-state index contributed by atoms with van der Waals surface area (Å²) in [6, 6.07) is 1.92. The molecular formula is C10H13Br2NO2S. The van der Waals surface area contributed by atoms with Gasteiger partial charge in [-0.25, -0.2) is 0 Å². The molecule has 1 atom stereocenters. The van der Waals surface area contributed by atoms with Gasteiger partial charge in [-0.2, -0.15) is 0 Å². The van der Waals surface area contributed by atoms with Crippen LogP contribution in [0.1, 0.15) is 16.1 Å². The van der Waals surface area contributed by atoms with Gasteiger partial charge in [-0.1, -0.05) is 15.9 Å². The maximum atomic E-state index is 11.9. The molecule has 0 aromatic carbocycles. The summed E-state index contributed by atoms with van der Waals surface area (Å²) in [4.78, 5) is 12.6. The number of halogens is 2. The SMILES string of the molecule is COCC(CCBr)NC(=O)c1sccc1Br. The Morgan fingerprint density at radius 1 is 1.69 bits per heavy atom. The summed E-state index contributed by atoms with van der Waals surface area (Å²) in [6.07, 6.45) is 0.850. The van der Waals surface area contributed by atoms with E-state index in [2.05, 4.69) is 37.2 Å². The fraction of sp³-hybridized carbons (Fsp3) is 0.500. The van der Waals surface area contributed by atoms with Gasteiger partial charge in [0, 0.05) is 16.9 Å². The summed E-state index contributed by atoms with van der Waals surface area (Å²) < 4.78 is 5.90. The van der Waals surface area contributed by atoms with E-state index in [0.29, 0.717) is 11.5 Å². The van der Waals surface area contributed by atoms with Crippen molar-refractivity contribution in [1.29, 1.82) is 0 Å². The Balaban J connectivity index is 2.58. The van der Waals surface area contributed by atoms with Crippen molar-refractivity contribution in [2.75, 3.05) is 19.0 Å². The molecule has 1 amide bonds. The first-order chi connectivity index (χ1) is 7.69. The van der Waals surface area contributed by atoms with Gasteiger partial charge < -0.3 is 10.1 Å². The van der Waals surface area contributed by atoms with Crippen LogP contribution in [0.15, 0.2) is 15.9 Å². The Hall–Kier alpha value is 0.0900. The molecule has 0 fully saturated rings. The smallest absolute Gasteiger partial charge is 0.262 e. The molecule has 0 radical (unpaired) electrons. The van der Waals surface area contributed by atoms with E-state index in [1.165, 1.54) is 11.3 Å². The predicted molar refractivity (Wildman–Crippen MR) is 73.6 cm³/mol. The summed E-state index contributed by atoms with van der Waals surface area (Å²) in [6.45, 7) is 0.528. The van der Waals surface area contributed by atoms with Crippen LogP contribution in [0.2, 0.25) is 0 Å². The zero-order chi connectivity index (χ0) is 12.0. The van der Waals surface area contributed by atoms with Gasteiger partial charge in [0.05, 0.1) is 12.6 Å². The molecular weight excluding hydrogens is 358 g/mol. The van der Waals surface area contributed by atoms with Gasteiger partial charge in [-0.15, -0.1) is 11.3 Å². The van der Waals surface area contributed by atoms with Crippen LogP contribution in [-0.4, -0.2) is 31.0 Å². The number of amides is 1. The number of carbonyl (C=O) groups is 1. The zero-order valence-electron chi connectivity index (χ0n) is 8.83. The van der Waals surface area contributed by atoms with Gasteiger partial charge in [0.2, 0.25) is 0 Å². The molecule has 0 aliphatic rings. The monoisotopic (exact) mass is 369 g/mol. The van der Waals surface area contributed by atoms with Gasteiger partial charge in [-0.3, -0.25) is 4.79 Å². The van der Waals surface area contributed by atoms with Crippen molar-refractivity contribution < 1.29 is 9.53 Å². The van der Waals surface area contributed by atoms with E-state index in [1.54, 1.807) is 7.11 Å². The number of methoxy groups -OCH3 is 1. The molecule has 6 heteroatoms. The second-order valence-electron chi connectivity index (χ2n) is 3.20. The average molecular weight is 371 g/mol. The summed E-state index contributed by atoms with van der Waals surface area (Å²) in [7, 11) is 1.63. The summed E-state index contributed by atoms with van der Waals surface area (Å²) in [5.74, 6) is -0.0510. The predicted octanol–water partition coefficient (Wildman–Crippen LogP) is 3.04. The van der Waals surface area contributed by atoms with Crippen molar-refractivity contribution in [1.82, 2.24) is 5.32 Å². The molecule has 0 aliphatic carbocycles. The normalized spacial score (nSPS) is 12.4. The number of hydrogen-bond acceptors (Lipinski definition) is 3. The van der Waals surface area contributed by atoms with Crippen molar-refractivity contribution in [2.24, 2.45) is 0 Å². The molecule has 0 spiro atoms. The molecule has 0 saturated carbocycles. The molecule has 0 aliphatic heterocycles. The highest BCUT2D eigenvalue weighted by atomic mass is 79.9. The molecule has 1 N–H and O–H groups in total. The lowest BCUT2D eigenvalue weighted by Gasteiger charge is -2.16. The van der Waals surface area contributed by atoms with E-state index in [4.69, 9.17) is 4.74 Å². The topological polar surface area (TPSA) is 38.3 Å². The third kappa shape index (κ3) is 4.16. The first-order valence-electron chi connectivity index (χ1n) is 4.77. The Morgan fingerprint density at radius 3 is 2.94 bits per heavy atom. The number of alkyl halides is 1. The van der Waals surface area contributed by atoms with E-state index in [0.717, 1.165) is 16.2 Å². The minimum Gasteiger partial charge on any atom is -0.383 e. The van der Waals surface area contributed by atoms with E-state index < -0.39 is 0 Å². The summed E-state index contributed by atoms with van der Waals surface area (Å²) in [5, 5.41) is 5.67. The lowest BCUT2D eigenvalue weighted by Crippen LogP contribution is -2.38. The molecule has 1 rings (SSSR count). The van der Waals surface area contributed by atoms with E-state index >= 15 is 0 Å². The number of hydrogen-bond donors (Lipinski definition) is 1.